The van der Waals surface area contributed by atoms with E-state index in [4.69, 9.17) is 0 Å². The van der Waals surface area contributed by atoms with Gasteiger partial charge >= 0.3 is 0 Å². The van der Waals surface area contributed by atoms with Crippen LogP contribution in [0.3, 0.4) is 0 Å². The Labute approximate surface area is 145 Å². The lowest BCUT2D eigenvalue weighted by Gasteiger charge is -2.37. The Morgan fingerprint density at radius 3 is 2.04 bits per heavy atom. The molecule has 7 heteroatoms. The molecule has 1 aliphatic heterocycles. The Morgan fingerprint density at radius 2 is 1.52 bits per heavy atom. The minimum Gasteiger partial charge on any atom is -0.207 e. The number of piperidine rings is 1. The number of sulfonamides is 1. The molecule has 0 aromatic heterocycles. The molecule has 0 bridgehead atoms. The number of rotatable bonds is 3. The Bertz CT molecular complexity index is 896. The summed E-state index contributed by atoms with van der Waals surface area (Å²) in [5.74, 6) is -2.22. The van der Waals surface area contributed by atoms with E-state index in [1.54, 1.807) is 0 Å². The van der Waals surface area contributed by atoms with Gasteiger partial charge in [0.1, 0.15) is 11.6 Å². The highest BCUT2D eigenvalue weighted by atomic mass is 32.2. The van der Waals surface area contributed by atoms with E-state index in [0.29, 0.717) is 0 Å². The van der Waals surface area contributed by atoms with E-state index in [2.05, 4.69) is 6.07 Å². The number of halogens is 2. The smallest absolute Gasteiger partial charge is 0.207 e. The van der Waals surface area contributed by atoms with Crippen molar-refractivity contribution in [3.8, 4) is 6.07 Å². The van der Waals surface area contributed by atoms with Crippen molar-refractivity contribution >= 4 is 10.0 Å². The summed E-state index contributed by atoms with van der Waals surface area (Å²) in [7, 11) is -4.29. The first-order valence-corrected chi connectivity index (χ1v) is 9.26. The lowest BCUT2D eigenvalue weighted by Crippen LogP contribution is -2.45. The van der Waals surface area contributed by atoms with Gasteiger partial charge in [0.05, 0.1) is 11.5 Å². The van der Waals surface area contributed by atoms with E-state index in [1.807, 2.05) is 30.3 Å². The summed E-state index contributed by atoms with van der Waals surface area (Å²) in [5, 5.41) is 9.65. The lowest BCUT2D eigenvalue weighted by atomic mass is 9.74. The highest BCUT2D eigenvalue weighted by molar-refractivity contribution is 7.89. The molecule has 1 aliphatic rings. The molecule has 2 aromatic rings. The molecule has 0 atom stereocenters. The molecule has 1 saturated heterocycles. The first-order chi connectivity index (χ1) is 11.9. The summed E-state index contributed by atoms with van der Waals surface area (Å²) in [6, 6.07) is 14.4. The van der Waals surface area contributed by atoms with Crippen molar-refractivity contribution < 1.29 is 17.2 Å². The largest absolute Gasteiger partial charge is 0.248 e. The van der Waals surface area contributed by atoms with E-state index in [9.17, 15) is 22.5 Å². The van der Waals surface area contributed by atoms with Crippen LogP contribution in [0.2, 0.25) is 0 Å². The monoisotopic (exact) mass is 362 g/mol. The molecule has 1 heterocycles. The van der Waals surface area contributed by atoms with Crippen molar-refractivity contribution in [2.45, 2.75) is 23.2 Å². The van der Waals surface area contributed by atoms with Crippen LogP contribution in [0.25, 0.3) is 0 Å². The van der Waals surface area contributed by atoms with E-state index in [1.165, 1.54) is 0 Å². The minimum atomic E-state index is -4.29. The summed E-state index contributed by atoms with van der Waals surface area (Å²) < 4.78 is 54.1. The van der Waals surface area contributed by atoms with Crippen molar-refractivity contribution in [1.82, 2.24) is 4.31 Å². The first kappa shape index (κ1) is 17.5. The second-order valence-electron chi connectivity index (χ2n) is 6.01. The Hall–Kier alpha value is -2.30. The maximum atomic E-state index is 13.9. The predicted octanol–water partition coefficient (Wildman–Crippen LogP) is 3.21. The van der Waals surface area contributed by atoms with Gasteiger partial charge in [-0.25, -0.2) is 17.2 Å². The van der Waals surface area contributed by atoms with E-state index in [0.717, 1.165) is 28.1 Å². The van der Waals surface area contributed by atoms with Gasteiger partial charge in [-0.2, -0.15) is 9.57 Å². The topological polar surface area (TPSA) is 61.2 Å². The van der Waals surface area contributed by atoms with Crippen molar-refractivity contribution in [1.29, 1.82) is 5.26 Å². The van der Waals surface area contributed by atoms with Gasteiger partial charge in [-0.1, -0.05) is 36.4 Å². The van der Waals surface area contributed by atoms with Crippen LogP contribution in [-0.4, -0.2) is 25.8 Å². The van der Waals surface area contributed by atoms with E-state index < -0.39 is 32.0 Å². The van der Waals surface area contributed by atoms with Crippen LogP contribution in [0.1, 0.15) is 18.4 Å². The third-order valence-corrected chi connectivity index (χ3v) is 6.58. The quantitative estimate of drug-likeness (QED) is 0.842. The average Bonchev–Trinajstić information content (AvgIpc) is 2.62. The number of hydrogen-bond donors (Lipinski definition) is 0. The average molecular weight is 362 g/mol. The van der Waals surface area contributed by atoms with Gasteiger partial charge in [-0.3, -0.25) is 0 Å². The molecule has 130 valence electrons. The maximum Gasteiger partial charge on any atom is 0.248 e. The lowest BCUT2D eigenvalue weighted by molar-refractivity contribution is 0.275. The number of benzene rings is 2. The number of nitriles is 1. The van der Waals surface area contributed by atoms with Gasteiger partial charge in [0.2, 0.25) is 10.0 Å². The van der Waals surface area contributed by atoms with Crippen LogP contribution in [0, 0.1) is 23.0 Å². The second kappa shape index (κ2) is 6.54. The van der Waals surface area contributed by atoms with E-state index >= 15 is 0 Å². The number of nitrogens with zero attached hydrogens (tertiary/aromatic N) is 2. The van der Waals surface area contributed by atoms with Gasteiger partial charge < -0.3 is 0 Å². The van der Waals surface area contributed by atoms with Gasteiger partial charge in [-0.05, 0) is 30.5 Å². The minimum absolute atomic E-state index is 0.0264. The molecule has 0 unspecified atom stereocenters. The normalized spacial score (nSPS) is 17.8. The number of hydrogen-bond acceptors (Lipinski definition) is 3. The zero-order chi connectivity index (χ0) is 18.1. The van der Waals surface area contributed by atoms with Crippen LogP contribution in [-0.2, 0) is 15.4 Å². The van der Waals surface area contributed by atoms with Crippen molar-refractivity contribution in [2.24, 2.45) is 0 Å². The van der Waals surface area contributed by atoms with Gasteiger partial charge in [-0.15, -0.1) is 0 Å². The van der Waals surface area contributed by atoms with Crippen molar-refractivity contribution in [3.05, 3.63) is 65.7 Å². The van der Waals surface area contributed by atoms with E-state index in [-0.39, 0.29) is 25.9 Å². The predicted molar refractivity (Wildman–Crippen MR) is 88.1 cm³/mol. The standard InChI is InChI=1S/C18H16F2N2O2S/c19-15-7-4-8-16(20)17(15)25(23,24)22-11-9-18(13-21,10-12-22)14-5-2-1-3-6-14/h1-8H,9-12H2. The fraction of sp³-hybridized carbons (Fsp3) is 0.278. The Kier molecular flexibility index (Phi) is 4.58. The third kappa shape index (κ3) is 3.03. The summed E-state index contributed by atoms with van der Waals surface area (Å²) in [5.41, 5.74) is 0.0350. The molecule has 0 N–H and O–H groups in total. The third-order valence-electron chi connectivity index (χ3n) is 4.63. The molecule has 2 aromatic carbocycles. The SMILES string of the molecule is N#CC1(c2ccccc2)CCN(S(=O)(=O)c2c(F)cccc2F)CC1. The summed E-state index contributed by atoms with van der Waals surface area (Å²) >= 11 is 0. The molecular formula is C18H16F2N2O2S. The fourth-order valence-corrected chi connectivity index (χ4v) is 4.74. The van der Waals surface area contributed by atoms with Crippen LogP contribution < -0.4 is 0 Å². The molecule has 4 nitrogen and oxygen atoms in total. The van der Waals surface area contributed by atoms with Gasteiger partial charge in [0.25, 0.3) is 0 Å². The summed E-state index contributed by atoms with van der Waals surface area (Å²) in [4.78, 5) is -0.931. The molecular weight excluding hydrogens is 346 g/mol. The summed E-state index contributed by atoms with van der Waals surface area (Å²) in [6.07, 6.45) is 0.533. The molecule has 3 rings (SSSR count). The Morgan fingerprint density at radius 1 is 0.960 bits per heavy atom. The molecule has 0 amide bonds. The van der Waals surface area contributed by atoms with Gasteiger partial charge in [0, 0.05) is 13.1 Å². The van der Waals surface area contributed by atoms with Crippen LogP contribution in [0.4, 0.5) is 8.78 Å². The zero-order valence-electron chi connectivity index (χ0n) is 13.3. The van der Waals surface area contributed by atoms with Crippen LogP contribution in [0.15, 0.2) is 53.4 Å². The highest BCUT2D eigenvalue weighted by Gasteiger charge is 2.41. The second-order valence-corrected chi connectivity index (χ2v) is 7.89. The fourth-order valence-electron chi connectivity index (χ4n) is 3.19. The van der Waals surface area contributed by atoms with Crippen LogP contribution >= 0.6 is 0 Å². The van der Waals surface area contributed by atoms with Gasteiger partial charge in [0.15, 0.2) is 4.90 Å². The molecule has 1 fully saturated rings. The molecule has 0 aliphatic carbocycles. The maximum absolute atomic E-state index is 13.9. The van der Waals surface area contributed by atoms with Crippen LogP contribution in [0.5, 0.6) is 0 Å². The highest BCUT2D eigenvalue weighted by Crippen LogP contribution is 2.37. The Balaban J connectivity index is 1.88. The zero-order valence-corrected chi connectivity index (χ0v) is 14.1. The molecule has 0 spiro atoms. The summed E-state index contributed by atoms with van der Waals surface area (Å²) in [6.45, 7) is 0.0527. The first-order valence-electron chi connectivity index (χ1n) is 7.82. The molecule has 0 radical (unpaired) electrons. The van der Waals surface area contributed by atoms with Crippen molar-refractivity contribution in [3.63, 3.8) is 0 Å². The molecule has 0 saturated carbocycles. The molecule has 25 heavy (non-hydrogen) atoms. The van der Waals surface area contributed by atoms with Crippen molar-refractivity contribution in [2.75, 3.05) is 13.1 Å².